The highest BCUT2D eigenvalue weighted by Gasteiger charge is 2.51. The first-order valence-electron chi connectivity index (χ1n) is 11.1. The smallest absolute Gasteiger partial charge is 0.416 e. The molecule has 6 nitrogen and oxygen atoms in total. The molecule has 2 aromatic carbocycles. The van der Waals surface area contributed by atoms with Gasteiger partial charge >= 0.3 is 6.18 Å². The third-order valence-corrected chi connectivity index (χ3v) is 7.59. The molecular weight excluding hydrogens is 435 g/mol. The second-order valence-corrected chi connectivity index (χ2v) is 9.83. The molecule has 0 spiro atoms. The molecule has 4 fully saturated rings. The number of nitrogens with zero attached hydrogens (tertiary/aromatic N) is 2. The first kappa shape index (κ1) is 21.7. The largest absolute Gasteiger partial charge is 0.507 e. The lowest BCUT2D eigenvalue weighted by Gasteiger charge is -2.57. The van der Waals surface area contributed by atoms with Crippen molar-refractivity contribution in [3.63, 3.8) is 0 Å². The summed E-state index contributed by atoms with van der Waals surface area (Å²) in [5, 5.41) is 25.5. The van der Waals surface area contributed by atoms with Crippen LogP contribution in [-0.4, -0.2) is 16.2 Å². The Kier molecular flexibility index (Phi) is 5.10. The number of hydrogen-bond donors (Lipinski definition) is 2. The van der Waals surface area contributed by atoms with Gasteiger partial charge in [0.05, 0.1) is 16.7 Å². The molecule has 4 saturated carbocycles. The number of anilines is 1. The fourth-order valence-electron chi connectivity index (χ4n) is 6.58. The van der Waals surface area contributed by atoms with Gasteiger partial charge in [-0.2, -0.15) is 18.3 Å². The quantitative estimate of drug-likeness (QED) is 0.315. The Hall–Kier alpha value is -3.10. The number of nitro groups is 1. The minimum atomic E-state index is -4.68. The summed E-state index contributed by atoms with van der Waals surface area (Å²) in [5.74, 6) is 2.33. The van der Waals surface area contributed by atoms with Crippen molar-refractivity contribution in [3.8, 4) is 5.75 Å². The van der Waals surface area contributed by atoms with Gasteiger partial charge in [-0.15, -0.1) is 0 Å². The molecule has 174 valence electrons. The summed E-state index contributed by atoms with van der Waals surface area (Å²) in [6.07, 6.45) is 4.12. The summed E-state index contributed by atoms with van der Waals surface area (Å²) >= 11 is 0. The van der Waals surface area contributed by atoms with Gasteiger partial charge in [-0.25, -0.2) is 0 Å². The number of hydrogen-bond acceptors (Lipinski definition) is 5. The predicted molar refractivity (Wildman–Crippen MR) is 117 cm³/mol. The number of phenolic OH excluding ortho intramolecular Hbond substituents is 1. The normalized spacial score (nSPS) is 28.4. The number of nitrogens with one attached hydrogen (secondary N) is 1. The minimum absolute atomic E-state index is 0.0240. The van der Waals surface area contributed by atoms with E-state index in [0.717, 1.165) is 49.1 Å². The topological polar surface area (TPSA) is 87.8 Å². The molecule has 0 radical (unpaired) electrons. The van der Waals surface area contributed by atoms with Crippen molar-refractivity contribution in [1.29, 1.82) is 0 Å². The number of alkyl halides is 3. The van der Waals surface area contributed by atoms with Gasteiger partial charge in [0.25, 0.3) is 5.69 Å². The number of aromatic hydroxyl groups is 1. The fraction of sp³-hybridized carbons (Fsp3) is 0.458. The van der Waals surface area contributed by atoms with E-state index < -0.39 is 22.4 Å². The molecule has 2 N–H and O–H groups in total. The molecule has 9 heteroatoms. The molecule has 4 aliphatic carbocycles. The van der Waals surface area contributed by atoms with Gasteiger partial charge in [-0.05, 0) is 91.5 Å². The highest BCUT2D eigenvalue weighted by atomic mass is 19.4. The Bertz CT molecular complexity index is 1090. The Morgan fingerprint density at radius 3 is 2.27 bits per heavy atom. The van der Waals surface area contributed by atoms with E-state index in [2.05, 4.69) is 10.5 Å². The first-order valence-corrected chi connectivity index (χ1v) is 11.1. The SMILES string of the molecule is O=[N+]([O-])c1cc(C(F)(F)F)ccc1N/N=C/c1cc(C23CC4CC(CC(C4)C2)C3)ccc1O. The van der Waals surface area contributed by atoms with Crippen LogP contribution in [-0.2, 0) is 11.6 Å². The first-order chi connectivity index (χ1) is 15.6. The summed E-state index contributed by atoms with van der Waals surface area (Å²) in [7, 11) is 0. The minimum Gasteiger partial charge on any atom is -0.507 e. The van der Waals surface area contributed by atoms with E-state index in [-0.39, 0.29) is 16.9 Å². The highest BCUT2D eigenvalue weighted by molar-refractivity contribution is 5.84. The second-order valence-electron chi connectivity index (χ2n) is 9.83. The van der Waals surface area contributed by atoms with Crippen LogP contribution in [0, 0.1) is 27.9 Å². The lowest BCUT2D eigenvalue weighted by Crippen LogP contribution is -2.48. The molecule has 0 saturated heterocycles. The molecule has 2 aromatic rings. The third kappa shape index (κ3) is 4.05. The van der Waals surface area contributed by atoms with Crippen LogP contribution < -0.4 is 5.43 Å². The summed E-state index contributed by atoms with van der Waals surface area (Å²) in [6, 6.07) is 7.77. The number of benzene rings is 2. The standard InChI is InChI=1S/C24H24F3N3O3/c25-24(26,27)19-1-3-20(21(9-19)30(32)33)29-28-13-17-8-18(2-4-22(17)31)23-10-14-5-15(11-23)7-16(6-14)12-23/h1-4,8-9,13-16,29,31H,5-7,10-12H2/b28-13+. The van der Waals surface area contributed by atoms with Crippen LogP contribution in [0.5, 0.6) is 5.75 Å². The van der Waals surface area contributed by atoms with E-state index in [9.17, 15) is 28.4 Å². The van der Waals surface area contributed by atoms with Crippen molar-refractivity contribution < 1.29 is 23.2 Å². The molecule has 6 rings (SSSR count). The number of rotatable bonds is 5. The average Bonchev–Trinajstić information content (AvgIpc) is 2.73. The van der Waals surface area contributed by atoms with E-state index in [1.54, 1.807) is 6.07 Å². The zero-order chi connectivity index (χ0) is 23.4. The molecule has 4 aliphatic rings. The molecular formula is C24H24F3N3O3. The lowest BCUT2D eigenvalue weighted by atomic mass is 9.48. The van der Waals surface area contributed by atoms with Crippen molar-refractivity contribution in [1.82, 2.24) is 0 Å². The predicted octanol–water partition coefficient (Wildman–Crippen LogP) is 6.23. The van der Waals surface area contributed by atoms with Crippen LogP contribution in [0.2, 0.25) is 0 Å². The molecule has 0 unspecified atom stereocenters. The van der Waals surface area contributed by atoms with Gasteiger partial charge in [0.15, 0.2) is 0 Å². The molecule has 0 aromatic heterocycles. The van der Waals surface area contributed by atoms with Crippen molar-refractivity contribution in [2.24, 2.45) is 22.9 Å². The second kappa shape index (κ2) is 7.74. The van der Waals surface area contributed by atoms with Crippen molar-refractivity contribution in [2.45, 2.75) is 50.1 Å². The third-order valence-electron chi connectivity index (χ3n) is 7.59. The number of phenols is 1. The lowest BCUT2D eigenvalue weighted by molar-refractivity contribution is -0.384. The van der Waals surface area contributed by atoms with Gasteiger partial charge in [-0.1, -0.05) is 6.07 Å². The number of nitro benzene ring substituents is 1. The summed E-state index contributed by atoms with van der Waals surface area (Å²) in [4.78, 5) is 10.4. The monoisotopic (exact) mass is 459 g/mol. The van der Waals surface area contributed by atoms with E-state index in [4.69, 9.17) is 0 Å². The fourth-order valence-corrected chi connectivity index (χ4v) is 6.58. The Morgan fingerprint density at radius 1 is 1.06 bits per heavy atom. The van der Waals surface area contributed by atoms with Crippen molar-refractivity contribution >= 4 is 17.6 Å². The maximum absolute atomic E-state index is 12.9. The maximum atomic E-state index is 12.9. The number of halogens is 3. The molecule has 0 atom stereocenters. The molecule has 0 amide bonds. The highest BCUT2D eigenvalue weighted by Crippen LogP contribution is 2.60. The zero-order valence-corrected chi connectivity index (χ0v) is 17.8. The summed E-state index contributed by atoms with van der Waals surface area (Å²) in [6.45, 7) is 0. The van der Waals surface area contributed by atoms with Crippen LogP contribution in [0.3, 0.4) is 0 Å². The van der Waals surface area contributed by atoms with Gasteiger partial charge in [0.2, 0.25) is 0 Å². The van der Waals surface area contributed by atoms with Crippen LogP contribution in [0.25, 0.3) is 0 Å². The zero-order valence-electron chi connectivity index (χ0n) is 17.8. The molecule has 4 bridgehead atoms. The van der Waals surface area contributed by atoms with Crippen LogP contribution >= 0.6 is 0 Å². The van der Waals surface area contributed by atoms with E-state index in [0.29, 0.717) is 11.6 Å². The van der Waals surface area contributed by atoms with Gasteiger partial charge in [0, 0.05) is 11.6 Å². The average molecular weight is 459 g/mol. The van der Waals surface area contributed by atoms with Crippen molar-refractivity contribution in [2.75, 3.05) is 5.43 Å². The van der Waals surface area contributed by atoms with Crippen LogP contribution in [0.4, 0.5) is 24.5 Å². The molecule has 0 heterocycles. The summed E-state index contributed by atoms with van der Waals surface area (Å²) < 4.78 is 38.7. The molecule has 0 aliphatic heterocycles. The van der Waals surface area contributed by atoms with E-state index in [1.165, 1.54) is 31.0 Å². The van der Waals surface area contributed by atoms with Crippen molar-refractivity contribution in [3.05, 3.63) is 63.2 Å². The summed E-state index contributed by atoms with van der Waals surface area (Å²) in [5.41, 5.74) is 2.23. The van der Waals surface area contributed by atoms with Crippen LogP contribution in [0.15, 0.2) is 41.5 Å². The van der Waals surface area contributed by atoms with Gasteiger partial charge < -0.3 is 5.11 Å². The Morgan fingerprint density at radius 2 is 1.70 bits per heavy atom. The van der Waals surface area contributed by atoms with Gasteiger partial charge in [-0.3, -0.25) is 15.5 Å². The van der Waals surface area contributed by atoms with Crippen LogP contribution in [0.1, 0.15) is 55.2 Å². The van der Waals surface area contributed by atoms with Gasteiger partial charge in [0.1, 0.15) is 11.4 Å². The molecule has 33 heavy (non-hydrogen) atoms. The van der Waals surface area contributed by atoms with E-state index in [1.807, 2.05) is 12.1 Å². The Labute approximate surface area is 188 Å². The Balaban J connectivity index is 1.38. The maximum Gasteiger partial charge on any atom is 0.416 e. The van der Waals surface area contributed by atoms with E-state index >= 15 is 0 Å². The number of hydrazone groups is 1.